The lowest BCUT2D eigenvalue weighted by Gasteiger charge is -2.01. The van der Waals surface area contributed by atoms with Crippen LogP contribution in [0.2, 0.25) is 0 Å². The first-order valence-corrected chi connectivity index (χ1v) is 5.69. The molecule has 0 unspecified atom stereocenters. The number of aliphatic hydroxyl groups excluding tert-OH is 1. The second kappa shape index (κ2) is 7.40. The number of halogens is 8. The second-order valence-corrected chi connectivity index (χ2v) is 4.06. The normalized spacial score (nSPS) is 10.3. The van der Waals surface area contributed by atoms with Gasteiger partial charge in [-0.15, -0.1) is 0 Å². The van der Waals surface area contributed by atoms with Crippen molar-refractivity contribution in [2.75, 3.05) is 0 Å². The standard InChI is InChI=1S/C7H4F4O.C7H3F4/c8-4-1-3(2-12)5(9)7(11)6(4)10;1-3-4(8)2-5(9)7(11)6(3)10/h1,12H,2H2;2H,1H2. The van der Waals surface area contributed by atoms with Gasteiger partial charge in [0, 0.05) is 17.2 Å². The third kappa shape index (κ3) is 3.98. The van der Waals surface area contributed by atoms with Gasteiger partial charge >= 0.3 is 0 Å². The molecule has 23 heavy (non-hydrogen) atoms. The van der Waals surface area contributed by atoms with Crippen LogP contribution in [0.25, 0.3) is 0 Å². The Labute approximate surface area is 124 Å². The zero-order valence-corrected chi connectivity index (χ0v) is 11.0. The summed E-state index contributed by atoms with van der Waals surface area (Å²) in [7, 11) is 0. The van der Waals surface area contributed by atoms with E-state index in [-0.39, 0.29) is 6.07 Å². The van der Waals surface area contributed by atoms with Crippen LogP contribution in [0, 0.1) is 53.5 Å². The molecule has 0 fully saturated rings. The van der Waals surface area contributed by atoms with Crippen LogP contribution in [0.1, 0.15) is 11.1 Å². The number of benzene rings is 2. The molecule has 0 spiro atoms. The fourth-order valence-electron chi connectivity index (χ4n) is 1.34. The van der Waals surface area contributed by atoms with Gasteiger partial charge in [-0.2, -0.15) is 0 Å². The van der Waals surface area contributed by atoms with E-state index in [2.05, 4.69) is 6.92 Å². The van der Waals surface area contributed by atoms with Gasteiger partial charge in [-0.3, -0.25) is 0 Å². The average molecular weight is 343 g/mol. The van der Waals surface area contributed by atoms with Crippen molar-refractivity contribution in [2.24, 2.45) is 0 Å². The van der Waals surface area contributed by atoms with Gasteiger partial charge in [-0.1, -0.05) is 0 Å². The van der Waals surface area contributed by atoms with Crippen molar-refractivity contribution in [3.63, 3.8) is 0 Å². The van der Waals surface area contributed by atoms with Crippen molar-refractivity contribution in [2.45, 2.75) is 6.61 Å². The van der Waals surface area contributed by atoms with Crippen molar-refractivity contribution >= 4 is 0 Å². The molecule has 1 nitrogen and oxygen atoms in total. The Morgan fingerprint density at radius 3 is 1.65 bits per heavy atom. The molecule has 2 aromatic carbocycles. The van der Waals surface area contributed by atoms with E-state index < -0.39 is 64.3 Å². The van der Waals surface area contributed by atoms with Gasteiger partial charge in [0.05, 0.1) is 6.61 Å². The summed E-state index contributed by atoms with van der Waals surface area (Å²) in [6.45, 7) is 1.99. The second-order valence-electron chi connectivity index (χ2n) is 4.06. The van der Waals surface area contributed by atoms with Crippen LogP contribution in [0.3, 0.4) is 0 Å². The minimum Gasteiger partial charge on any atom is -0.392 e. The highest BCUT2D eigenvalue weighted by Crippen LogP contribution is 2.18. The average Bonchev–Trinajstić information content (AvgIpc) is 2.53. The molecular formula is C14H7F8O. The molecule has 125 valence electrons. The highest BCUT2D eigenvalue weighted by molar-refractivity contribution is 5.24. The molecule has 0 saturated carbocycles. The summed E-state index contributed by atoms with van der Waals surface area (Å²) in [5.41, 5.74) is -1.37. The molecule has 0 bridgehead atoms. The zero-order chi connectivity index (χ0) is 17.9. The maximum Gasteiger partial charge on any atom is 0.197 e. The van der Waals surface area contributed by atoms with E-state index in [1.54, 1.807) is 0 Å². The third-order valence-electron chi connectivity index (χ3n) is 2.56. The Morgan fingerprint density at radius 1 is 0.652 bits per heavy atom. The van der Waals surface area contributed by atoms with Crippen molar-refractivity contribution in [1.29, 1.82) is 0 Å². The summed E-state index contributed by atoms with van der Waals surface area (Å²) in [6.07, 6.45) is 0. The first-order valence-electron chi connectivity index (χ1n) is 5.69. The van der Waals surface area contributed by atoms with Crippen LogP contribution in [-0.2, 0) is 6.61 Å². The molecular weight excluding hydrogens is 336 g/mol. The minimum absolute atomic E-state index is 0.251. The molecule has 1 N–H and O–H groups in total. The summed E-state index contributed by atoms with van der Waals surface area (Å²) >= 11 is 0. The molecule has 0 saturated heterocycles. The van der Waals surface area contributed by atoms with Crippen LogP contribution in [0.5, 0.6) is 0 Å². The Bertz CT molecular complexity index is 703. The Hall–Kier alpha value is -2.16. The number of hydrogen-bond donors (Lipinski definition) is 1. The molecule has 1 radical (unpaired) electrons. The zero-order valence-electron chi connectivity index (χ0n) is 11.0. The number of aliphatic hydroxyl groups is 1. The molecule has 0 atom stereocenters. The van der Waals surface area contributed by atoms with Gasteiger partial charge in [0.1, 0.15) is 5.82 Å². The third-order valence-corrected chi connectivity index (χ3v) is 2.56. The molecule has 2 rings (SSSR count). The van der Waals surface area contributed by atoms with E-state index in [0.717, 1.165) is 0 Å². The molecule has 9 heteroatoms. The van der Waals surface area contributed by atoms with E-state index in [4.69, 9.17) is 5.11 Å². The summed E-state index contributed by atoms with van der Waals surface area (Å²) in [5, 5.41) is 8.36. The monoisotopic (exact) mass is 343 g/mol. The lowest BCUT2D eigenvalue weighted by atomic mass is 10.2. The number of hydrogen-bond acceptors (Lipinski definition) is 1. The summed E-state index contributed by atoms with van der Waals surface area (Å²) < 4.78 is 98.4. The Morgan fingerprint density at radius 2 is 1.13 bits per heavy atom. The van der Waals surface area contributed by atoms with E-state index in [1.807, 2.05) is 0 Å². The molecule has 0 aromatic heterocycles. The van der Waals surface area contributed by atoms with Gasteiger partial charge in [0.25, 0.3) is 0 Å². The topological polar surface area (TPSA) is 20.2 Å². The Balaban J connectivity index is 0.000000231. The predicted octanol–water partition coefficient (Wildman–Crippen LogP) is 4.16. The molecule has 0 aliphatic rings. The maximum atomic E-state index is 12.5. The van der Waals surface area contributed by atoms with E-state index in [9.17, 15) is 35.1 Å². The summed E-state index contributed by atoms with van der Waals surface area (Å²) in [4.78, 5) is 0. The van der Waals surface area contributed by atoms with Crippen LogP contribution < -0.4 is 0 Å². The molecule has 0 amide bonds. The summed E-state index contributed by atoms with van der Waals surface area (Å²) in [6, 6.07) is 0.661. The van der Waals surface area contributed by atoms with E-state index >= 15 is 0 Å². The van der Waals surface area contributed by atoms with Crippen molar-refractivity contribution in [1.82, 2.24) is 0 Å². The number of rotatable bonds is 1. The van der Waals surface area contributed by atoms with Crippen molar-refractivity contribution < 1.29 is 40.2 Å². The molecule has 2 aromatic rings. The van der Waals surface area contributed by atoms with E-state index in [1.165, 1.54) is 0 Å². The van der Waals surface area contributed by atoms with Gasteiger partial charge in [0.2, 0.25) is 0 Å². The van der Waals surface area contributed by atoms with Gasteiger partial charge < -0.3 is 5.11 Å². The van der Waals surface area contributed by atoms with Crippen molar-refractivity contribution in [3.8, 4) is 0 Å². The first kappa shape index (κ1) is 18.9. The van der Waals surface area contributed by atoms with E-state index in [0.29, 0.717) is 6.07 Å². The first-order chi connectivity index (χ1) is 10.6. The lowest BCUT2D eigenvalue weighted by molar-refractivity contribution is 0.270. The Kier molecular flexibility index (Phi) is 6.08. The van der Waals surface area contributed by atoms with Crippen LogP contribution in [0.15, 0.2) is 12.1 Å². The molecule has 0 heterocycles. The van der Waals surface area contributed by atoms with Crippen LogP contribution in [-0.4, -0.2) is 5.11 Å². The highest BCUT2D eigenvalue weighted by Gasteiger charge is 2.17. The SMILES string of the molecule is OCc1cc(F)c(F)c(F)c1F.[CH2]c1c(F)cc(F)c(F)c1F. The van der Waals surface area contributed by atoms with Gasteiger partial charge in [-0.25, -0.2) is 35.1 Å². The maximum absolute atomic E-state index is 12.5. The molecule has 0 aliphatic carbocycles. The van der Waals surface area contributed by atoms with Gasteiger partial charge in [0.15, 0.2) is 40.7 Å². The van der Waals surface area contributed by atoms with Crippen LogP contribution in [0.4, 0.5) is 35.1 Å². The molecule has 0 aliphatic heterocycles. The fourth-order valence-corrected chi connectivity index (χ4v) is 1.34. The predicted molar refractivity (Wildman–Crippen MR) is 62.9 cm³/mol. The summed E-state index contributed by atoms with van der Waals surface area (Å²) in [5.74, 6) is -12.9. The highest BCUT2D eigenvalue weighted by atomic mass is 19.2. The lowest BCUT2D eigenvalue weighted by Crippen LogP contribution is -2.00. The fraction of sp³-hybridized carbons (Fsp3) is 0.0714. The smallest absolute Gasteiger partial charge is 0.197 e. The minimum atomic E-state index is -1.90. The quantitative estimate of drug-likeness (QED) is 0.468. The van der Waals surface area contributed by atoms with Crippen molar-refractivity contribution in [3.05, 3.63) is 76.7 Å². The largest absolute Gasteiger partial charge is 0.392 e. The van der Waals surface area contributed by atoms with Crippen LogP contribution >= 0.6 is 0 Å². The van der Waals surface area contributed by atoms with Gasteiger partial charge in [-0.05, 0) is 13.0 Å².